The molecule has 108 valence electrons. The van der Waals surface area contributed by atoms with Gasteiger partial charge in [0.25, 0.3) is 5.69 Å². The molecule has 2 rings (SSSR count). The van der Waals surface area contributed by atoms with Crippen LogP contribution in [0.4, 0.5) is 11.4 Å². The van der Waals surface area contributed by atoms with Crippen LogP contribution in [0.3, 0.4) is 0 Å². The van der Waals surface area contributed by atoms with Crippen LogP contribution in [0, 0.1) is 15.5 Å². The molecule has 1 aromatic carbocycles. The largest absolute Gasteiger partial charge is 0.469 e. The van der Waals surface area contributed by atoms with Gasteiger partial charge in [-0.1, -0.05) is 15.9 Å². The van der Waals surface area contributed by atoms with Crippen molar-refractivity contribution in [1.29, 1.82) is 0 Å². The molecule has 0 aliphatic carbocycles. The predicted octanol–water partition coefficient (Wildman–Crippen LogP) is 2.75. The van der Waals surface area contributed by atoms with E-state index < -0.39 is 10.3 Å². The number of ether oxygens (including phenoxy) is 1. The van der Waals surface area contributed by atoms with E-state index in [1.807, 2.05) is 11.8 Å². The fraction of sp³-hybridized carbons (Fsp3) is 0.462. The van der Waals surface area contributed by atoms with E-state index in [0.717, 1.165) is 0 Å². The second-order valence-electron chi connectivity index (χ2n) is 5.11. The van der Waals surface area contributed by atoms with Crippen LogP contribution in [0.2, 0.25) is 0 Å². The number of hydrogen-bond acceptors (Lipinski definition) is 5. The summed E-state index contributed by atoms with van der Waals surface area (Å²) in [5.74, 6) is -0.278. The highest BCUT2D eigenvalue weighted by molar-refractivity contribution is 9.10. The zero-order valence-electron chi connectivity index (χ0n) is 11.3. The minimum absolute atomic E-state index is 0.0356. The summed E-state index contributed by atoms with van der Waals surface area (Å²) in [6.45, 7) is 2.83. The van der Waals surface area contributed by atoms with Gasteiger partial charge in [0.15, 0.2) is 0 Å². The Morgan fingerprint density at radius 3 is 2.85 bits per heavy atom. The van der Waals surface area contributed by atoms with Gasteiger partial charge in [-0.05, 0) is 25.5 Å². The van der Waals surface area contributed by atoms with Crippen molar-refractivity contribution in [3.8, 4) is 0 Å². The number of nitro groups is 1. The average molecular weight is 343 g/mol. The number of benzene rings is 1. The number of nitro benzene ring substituents is 1. The van der Waals surface area contributed by atoms with E-state index >= 15 is 0 Å². The molecule has 0 spiro atoms. The van der Waals surface area contributed by atoms with Crippen LogP contribution in [-0.2, 0) is 9.53 Å². The van der Waals surface area contributed by atoms with E-state index in [2.05, 4.69) is 15.9 Å². The smallest absolute Gasteiger partial charge is 0.313 e. The van der Waals surface area contributed by atoms with E-state index in [1.165, 1.54) is 13.2 Å². The molecule has 1 saturated heterocycles. The summed E-state index contributed by atoms with van der Waals surface area (Å²) in [5.41, 5.74) is -0.0466. The Hall–Kier alpha value is -1.63. The van der Waals surface area contributed by atoms with E-state index in [1.54, 1.807) is 12.1 Å². The number of anilines is 1. The number of carbonyl (C=O) groups excluding carboxylic acids is 1. The summed E-state index contributed by atoms with van der Waals surface area (Å²) in [4.78, 5) is 24.4. The fourth-order valence-corrected chi connectivity index (χ4v) is 2.84. The van der Waals surface area contributed by atoms with Crippen molar-refractivity contribution in [3.63, 3.8) is 0 Å². The molecular formula is C13H15BrN2O4. The molecule has 1 unspecified atom stereocenters. The monoisotopic (exact) mass is 342 g/mol. The number of rotatable bonds is 3. The second-order valence-corrected chi connectivity index (χ2v) is 6.03. The van der Waals surface area contributed by atoms with E-state index in [-0.39, 0.29) is 11.7 Å². The lowest BCUT2D eigenvalue weighted by Gasteiger charge is -2.23. The van der Waals surface area contributed by atoms with Gasteiger partial charge >= 0.3 is 5.97 Å². The van der Waals surface area contributed by atoms with Gasteiger partial charge in [-0.25, -0.2) is 0 Å². The molecule has 0 radical (unpaired) electrons. The van der Waals surface area contributed by atoms with Gasteiger partial charge in [0.2, 0.25) is 0 Å². The molecule has 1 fully saturated rings. The van der Waals surface area contributed by atoms with Crippen molar-refractivity contribution in [2.75, 3.05) is 25.1 Å². The first-order valence-electron chi connectivity index (χ1n) is 6.15. The molecule has 0 bridgehead atoms. The number of methoxy groups -OCH3 is 1. The van der Waals surface area contributed by atoms with Gasteiger partial charge in [-0.15, -0.1) is 0 Å². The summed E-state index contributed by atoms with van der Waals surface area (Å²) in [6.07, 6.45) is 0.618. The third-order valence-corrected chi connectivity index (χ3v) is 4.12. The first-order valence-corrected chi connectivity index (χ1v) is 6.94. The van der Waals surface area contributed by atoms with Gasteiger partial charge in [0.05, 0.1) is 17.4 Å². The first kappa shape index (κ1) is 14.8. The average Bonchev–Trinajstić information content (AvgIpc) is 2.81. The number of esters is 1. The van der Waals surface area contributed by atoms with Crippen molar-refractivity contribution in [1.82, 2.24) is 0 Å². The predicted molar refractivity (Wildman–Crippen MR) is 77.7 cm³/mol. The summed E-state index contributed by atoms with van der Waals surface area (Å²) in [6, 6.07) is 4.94. The summed E-state index contributed by atoms with van der Waals surface area (Å²) in [7, 11) is 1.36. The SMILES string of the molecule is COC(=O)C1(C)CCN(c2ccc(Br)cc2[N+](=O)[O-])C1. The molecule has 0 N–H and O–H groups in total. The molecule has 0 amide bonds. The molecule has 1 atom stereocenters. The van der Waals surface area contributed by atoms with Crippen molar-refractivity contribution in [2.24, 2.45) is 5.41 Å². The maximum absolute atomic E-state index is 11.8. The fourth-order valence-electron chi connectivity index (χ4n) is 2.49. The van der Waals surface area contributed by atoms with E-state index in [0.29, 0.717) is 29.7 Å². The Balaban J connectivity index is 2.31. The molecule has 1 aliphatic rings. The molecule has 0 aromatic heterocycles. The lowest BCUT2D eigenvalue weighted by Crippen LogP contribution is -2.33. The highest BCUT2D eigenvalue weighted by Gasteiger charge is 2.42. The van der Waals surface area contributed by atoms with Crippen molar-refractivity contribution in [2.45, 2.75) is 13.3 Å². The van der Waals surface area contributed by atoms with Gasteiger partial charge in [-0.2, -0.15) is 0 Å². The quantitative estimate of drug-likeness (QED) is 0.479. The maximum atomic E-state index is 11.8. The zero-order chi connectivity index (χ0) is 14.9. The Kier molecular flexibility index (Phi) is 3.99. The second kappa shape index (κ2) is 5.40. The number of hydrogen-bond donors (Lipinski definition) is 0. The first-order chi connectivity index (χ1) is 9.37. The molecule has 20 heavy (non-hydrogen) atoms. The highest BCUT2D eigenvalue weighted by Crippen LogP contribution is 2.38. The molecule has 7 heteroatoms. The van der Waals surface area contributed by atoms with Crippen molar-refractivity contribution < 1.29 is 14.5 Å². The van der Waals surface area contributed by atoms with Crippen LogP contribution in [0.5, 0.6) is 0 Å². The molecule has 1 aromatic rings. The molecular weight excluding hydrogens is 328 g/mol. The van der Waals surface area contributed by atoms with Crippen LogP contribution in [0.1, 0.15) is 13.3 Å². The van der Waals surface area contributed by atoms with Crippen LogP contribution >= 0.6 is 15.9 Å². The van der Waals surface area contributed by atoms with Gasteiger partial charge < -0.3 is 9.64 Å². The normalized spacial score (nSPS) is 21.9. The van der Waals surface area contributed by atoms with E-state index in [9.17, 15) is 14.9 Å². The molecule has 0 saturated carbocycles. The van der Waals surface area contributed by atoms with Gasteiger partial charge in [0, 0.05) is 23.6 Å². The topological polar surface area (TPSA) is 72.7 Å². The van der Waals surface area contributed by atoms with Gasteiger partial charge in [0.1, 0.15) is 5.69 Å². The minimum Gasteiger partial charge on any atom is -0.469 e. The van der Waals surface area contributed by atoms with Crippen LogP contribution < -0.4 is 4.90 Å². The number of nitrogens with zero attached hydrogens (tertiary/aromatic N) is 2. The third kappa shape index (κ3) is 2.63. The number of halogens is 1. The van der Waals surface area contributed by atoms with Crippen LogP contribution in [-0.4, -0.2) is 31.1 Å². The van der Waals surface area contributed by atoms with Crippen LogP contribution in [0.25, 0.3) is 0 Å². The van der Waals surface area contributed by atoms with E-state index in [4.69, 9.17) is 4.74 Å². The molecule has 6 nitrogen and oxygen atoms in total. The number of carbonyl (C=O) groups is 1. The Labute approximate surface area is 125 Å². The zero-order valence-corrected chi connectivity index (χ0v) is 12.8. The third-order valence-electron chi connectivity index (χ3n) is 3.63. The van der Waals surface area contributed by atoms with Gasteiger partial charge in [-0.3, -0.25) is 14.9 Å². The summed E-state index contributed by atoms with van der Waals surface area (Å²) >= 11 is 3.23. The Bertz CT molecular complexity index is 563. The Morgan fingerprint density at radius 2 is 2.25 bits per heavy atom. The highest BCUT2D eigenvalue weighted by atomic mass is 79.9. The summed E-state index contributed by atoms with van der Waals surface area (Å²) in [5, 5.41) is 11.1. The standard InChI is InChI=1S/C13H15BrN2O4/c1-13(12(17)20-2)5-6-15(8-13)10-4-3-9(14)7-11(10)16(18)19/h3-4,7H,5-6,8H2,1-2H3. The van der Waals surface area contributed by atoms with Crippen LogP contribution in [0.15, 0.2) is 22.7 Å². The molecule has 1 aliphatic heterocycles. The lowest BCUT2D eigenvalue weighted by atomic mass is 9.90. The lowest BCUT2D eigenvalue weighted by molar-refractivity contribution is -0.384. The Morgan fingerprint density at radius 1 is 1.55 bits per heavy atom. The maximum Gasteiger partial charge on any atom is 0.313 e. The molecule has 1 heterocycles. The van der Waals surface area contributed by atoms with Crippen molar-refractivity contribution >= 4 is 33.3 Å². The summed E-state index contributed by atoms with van der Waals surface area (Å²) < 4.78 is 5.47. The van der Waals surface area contributed by atoms with Crippen molar-refractivity contribution in [3.05, 3.63) is 32.8 Å². The minimum atomic E-state index is -0.615.